The van der Waals surface area contributed by atoms with E-state index in [4.69, 9.17) is 23.2 Å². The van der Waals surface area contributed by atoms with Gasteiger partial charge in [-0.05, 0) is 31.0 Å². The number of thioether (sulfide) groups is 1. The zero-order valence-electron chi connectivity index (χ0n) is 12.0. The summed E-state index contributed by atoms with van der Waals surface area (Å²) < 4.78 is 22.8. The average molecular weight is 382 g/mol. The number of sulfone groups is 1. The molecule has 22 heavy (non-hydrogen) atoms. The molecule has 1 aromatic carbocycles. The number of benzene rings is 1. The van der Waals surface area contributed by atoms with E-state index in [0.717, 1.165) is 5.56 Å². The van der Waals surface area contributed by atoms with Crippen molar-refractivity contribution in [1.29, 1.82) is 0 Å². The lowest BCUT2D eigenvalue weighted by Crippen LogP contribution is -2.40. The average Bonchev–Trinajstić information content (AvgIpc) is 2.76. The molecule has 0 radical (unpaired) electrons. The molecule has 1 N–H and O–H groups in total. The summed E-state index contributed by atoms with van der Waals surface area (Å²) in [6, 6.07) is 5.01. The highest BCUT2D eigenvalue weighted by molar-refractivity contribution is 7.99. The Kier molecular flexibility index (Phi) is 6.05. The van der Waals surface area contributed by atoms with Crippen LogP contribution in [0.5, 0.6) is 0 Å². The third-order valence-corrected chi connectivity index (χ3v) is 7.00. The molecule has 0 spiro atoms. The molecule has 0 bridgehead atoms. The molecule has 1 aromatic rings. The number of hydrogen-bond acceptors (Lipinski definition) is 4. The van der Waals surface area contributed by atoms with Gasteiger partial charge in [0.05, 0.1) is 16.8 Å². The summed E-state index contributed by atoms with van der Waals surface area (Å²) in [6.45, 7) is 1.80. The Balaban J connectivity index is 1.84. The minimum Gasteiger partial charge on any atom is -0.351 e. The molecule has 1 saturated heterocycles. The molecule has 122 valence electrons. The van der Waals surface area contributed by atoms with E-state index < -0.39 is 9.84 Å². The van der Waals surface area contributed by atoms with E-state index in [1.54, 1.807) is 19.1 Å². The van der Waals surface area contributed by atoms with Crippen molar-refractivity contribution in [3.8, 4) is 0 Å². The number of nitrogens with one attached hydrogen (secondary N) is 1. The molecular weight excluding hydrogens is 365 g/mol. The highest BCUT2D eigenvalue weighted by Crippen LogP contribution is 2.26. The quantitative estimate of drug-likeness (QED) is 0.851. The molecule has 0 aliphatic carbocycles. The van der Waals surface area contributed by atoms with E-state index >= 15 is 0 Å². The van der Waals surface area contributed by atoms with Crippen LogP contribution >= 0.6 is 35.0 Å². The van der Waals surface area contributed by atoms with Crippen molar-refractivity contribution < 1.29 is 13.2 Å². The lowest BCUT2D eigenvalue weighted by molar-refractivity contribution is -0.120. The van der Waals surface area contributed by atoms with Crippen LogP contribution in [0.25, 0.3) is 0 Å². The summed E-state index contributed by atoms with van der Waals surface area (Å²) in [5.74, 6) is 0.643. The number of halogens is 2. The maximum absolute atomic E-state index is 12.1. The van der Waals surface area contributed by atoms with Crippen molar-refractivity contribution in [3.63, 3.8) is 0 Å². The zero-order valence-corrected chi connectivity index (χ0v) is 15.2. The van der Waals surface area contributed by atoms with Gasteiger partial charge in [0, 0.05) is 21.8 Å². The Morgan fingerprint density at radius 2 is 2.18 bits per heavy atom. The molecule has 2 atom stereocenters. The van der Waals surface area contributed by atoms with Crippen molar-refractivity contribution in [1.82, 2.24) is 5.32 Å². The monoisotopic (exact) mass is 381 g/mol. The summed E-state index contributed by atoms with van der Waals surface area (Å²) in [5.41, 5.74) is 0.916. The summed E-state index contributed by atoms with van der Waals surface area (Å²) >= 11 is 13.4. The van der Waals surface area contributed by atoms with Gasteiger partial charge in [-0.2, -0.15) is 0 Å². The van der Waals surface area contributed by atoms with E-state index in [1.165, 1.54) is 11.8 Å². The molecule has 4 nitrogen and oxygen atoms in total. The highest BCUT2D eigenvalue weighted by Gasteiger charge is 2.30. The SMILES string of the molecule is CC(SCc1ccc(Cl)cc1Cl)C(=O)NC1CCS(=O)(=O)C1. The van der Waals surface area contributed by atoms with E-state index in [0.29, 0.717) is 22.2 Å². The first-order valence-electron chi connectivity index (χ1n) is 6.83. The molecule has 1 aliphatic rings. The Labute approximate surface area is 144 Å². The van der Waals surface area contributed by atoms with Crippen LogP contribution in [0.4, 0.5) is 0 Å². The maximum atomic E-state index is 12.1. The molecule has 8 heteroatoms. The van der Waals surface area contributed by atoms with Gasteiger partial charge in [-0.25, -0.2) is 8.42 Å². The van der Waals surface area contributed by atoms with Crippen LogP contribution in [0.3, 0.4) is 0 Å². The summed E-state index contributed by atoms with van der Waals surface area (Å²) in [7, 11) is -2.98. The van der Waals surface area contributed by atoms with Crippen LogP contribution in [0.15, 0.2) is 18.2 Å². The van der Waals surface area contributed by atoms with Gasteiger partial charge < -0.3 is 5.32 Å². The topological polar surface area (TPSA) is 63.2 Å². The molecule has 1 heterocycles. The standard InChI is InChI=1S/C14H17Cl2NO3S2/c1-9(14(18)17-12-4-5-22(19,20)8-12)21-7-10-2-3-11(15)6-13(10)16/h2-3,6,9,12H,4-5,7-8H2,1H3,(H,17,18). The van der Waals surface area contributed by atoms with Gasteiger partial charge in [0.2, 0.25) is 5.91 Å². The Morgan fingerprint density at radius 3 is 2.77 bits per heavy atom. The fourth-order valence-electron chi connectivity index (χ4n) is 2.16. The summed E-state index contributed by atoms with van der Waals surface area (Å²) in [4.78, 5) is 12.1. The van der Waals surface area contributed by atoms with Gasteiger partial charge in [-0.1, -0.05) is 29.3 Å². The largest absolute Gasteiger partial charge is 0.351 e. The number of hydrogen-bond donors (Lipinski definition) is 1. The van der Waals surface area contributed by atoms with Crippen LogP contribution in [0, 0.1) is 0 Å². The molecule has 2 unspecified atom stereocenters. The summed E-state index contributed by atoms with van der Waals surface area (Å²) in [5, 5.41) is 3.67. The Morgan fingerprint density at radius 1 is 1.45 bits per heavy atom. The van der Waals surface area contributed by atoms with E-state index in [2.05, 4.69) is 5.32 Å². The second-order valence-corrected chi connectivity index (χ2v) is 9.70. The smallest absolute Gasteiger partial charge is 0.233 e. The van der Waals surface area contributed by atoms with Crippen molar-refractivity contribution in [3.05, 3.63) is 33.8 Å². The normalized spacial score (nSPS) is 21.5. The second-order valence-electron chi connectivity index (χ2n) is 5.30. The lowest BCUT2D eigenvalue weighted by Gasteiger charge is -2.16. The molecule has 1 fully saturated rings. The zero-order chi connectivity index (χ0) is 16.3. The molecule has 1 aliphatic heterocycles. The molecule has 2 rings (SSSR count). The van der Waals surface area contributed by atoms with Gasteiger partial charge in [-0.3, -0.25) is 4.79 Å². The molecule has 1 amide bonds. The number of carbonyl (C=O) groups is 1. The molecular formula is C14H17Cl2NO3S2. The predicted octanol–water partition coefficient (Wildman–Crippen LogP) is 2.92. The first-order chi connectivity index (χ1) is 10.3. The fraction of sp³-hybridized carbons (Fsp3) is 0.500. The number of amides is 1. The second kappa shape index (κ2) is 7.43. The van der Waals surface area contributed by atoms with Crippen molar-refractivity contribution >= 4 is 50.7 Å². The third kappa shape index (κ3) is 5.05. The van der Waals surface area contributed by atoms with Crippen LogP contribution < -0.4 is 5.32 Å². The van der Waals surface area contributed by atoms with Gasteiger partial charge >= 0.3 is 0 Å². The fourth-order valence-corrected chi connectivity index (χ4v) is 5.29. The number of carbonyl (C=O) groups excluding carboxylic acids is 1. The highest BCUT2D eigenvalue weighted by atomic mass is 35.5. The predicted molar refractivity (Wildman–Crippen MR) is 92.4 cm³/mol. The lowest BCUT2D eigenvalue weighted by atomic mass is 10.2. The van der Waals surface area contributed by atoms with Gasteiger partial charge in [0.1, 0.15) is 0 Å². The van der Waals surface area contributed by atoms with Gasteiger partial charge in [0.15, 0.2) is 9.84 Å². The van der Waals surface area contributed by atoms with Crippen molar-refractivity contribution in [2.45, 2.75) is 30.4 Å². The maximum Gasteiger partial charge on any atom is 0.233 e. The first kappa shape index (κ1) is 17.9. The Bertz CT molecular complexity index is 664. The van der Waals surface area contributed by atoms with E-state index in [1.807, 2.05) is 6.07 Å². The van der Waals surface area contributed by atoms with Crippen molar-refractivity contribution in [2.24, 2.45) is 0 Å². The third-order valence-electron chi connectivity index (χ3n) is 3.45. The van der Waals surface area contributed by atoms with Crippen LogP contribution in [-0.4, -0.2) is 37.1 Å². The van der Waals surface area contributed by atoms with Gasteiger partial charge in [-0.15, -0.1) is 11.8 Å². The van der Waals surface area contributed by atoms with Crippen LogP contribution in [0.2, 0.25) is 10.0 Å². The number of rotatable bonds is 5. The van der Waals surface area contributed by atoms with Crippen molar-refractivity contribution in [2.75, 3.05) is 11.5 Å². The van der Waals surface area contributed by atoms with Crippen LogP contribution in [-0.2, 0) is 20.4 Å². The molecule has 0 saturated carbocycles. The minimum absolute atomic E-state index is 0.0408. The molecule has 0 aromatic heterocycles. The Hall–Kier alpha value is -0.430. The first-order valence-corrected chi connectivity index (χ1v) is 10.5. The van der Waals surface area contributed by atoms with E-state index in [9.17, 15) is 13.2 Å². The van der Waals surface area contributed by atoms with E-state index in [-0.39, 0.29) is 28.7 Å². The summed E-state index contributed by atoms with van der Waals surface area (Å²) in [6.07, 6.45) is 0.495. The minimum atomic E-state index is -2.98. The van der Waals surface area contributed by atoms with Crippen LogP contribution in [0.1, 0.15) is 18.9 Å². The van der Waals surface area contributed by atoms with Gasteiger partial charge in [0.25, 0.3) is 0 Å².